The number of sulfonamides is 2. The van der Waals surface area contributed by atoms with Crippen molar-refractivity contribution in [3.8, 4) is 5.75 Å². The summed E-state index contributed by atoms with van der Waals surface area (Å²) in [6.07, 6.45) is 0. The minimum absolute atomic E-state index is 0.00553. The van der Waals surface area contributed by atoms with Crippen molar-refractivity contribution in [2.24, 2.45) is 11.7 Å². The predicted octanol–water partition coefficient (Wildman–Crippen LogP) is -0.617. The van der Waals surface area contributed by atoms with Crippen molar-refractivity contribution < 1.29 is 21.9 Å². The first-order chi connectivity index (χ1) is 10.7. The first-order valence-corrected chi connectivity index (χ1v) is 8.98. The van der Waals surface area contributed by atoms with Crippen LogP contribution in [0.4, 0.5) is 0 Å². The highest BCUT2D eigenvalue weighted by Crippen LogP contribution is 2.13. The van der Waals surface area contributed by atoms with Crippen molar-refractivity contribution in [1.82, 2.24) is 9.66 Å². The van der Waals surface area contributed by atoms with Gasteiger partial charge in [0.25, 0.3) is 20.0 Å². The standard InChI is InChI=1S/C6H8N2O3S.C6H8N2O2S/c7-8-12(10,11)6-3-1-5(9)2-4-6;7-8-11(9,10)6-4-2-1-3-5-6/h1-4,8-9H,7H2;1-5,8H,7H2. The molecule has 2 aromatic rings. The normalized spacial score (nSPS) is 11.4. The fourth-order valence-corrected chi connectivity index (χ4v) is 2.64. The molecule has 7 N–H and O–H groups in total. The maximum absolute atomic E-state index is 11.0. The van der Waals surface area contributed by atoms with Crippen LogP contribution < -0.4 is 21.3 Å². The Morgan fingerprint density at radius 1 is 0.696 bits per heavy atom. The molecule has 23 heavy (non-hydrogen) atoms. The Balaban J connectivity index is 0.000000231. The summed E-state index contributed by atoms with van der Waals surface area (Å²) < 4.78 is 43.9. The van der Waals surface area contributed by atoms with Crippen LogP contribution >= 0.6 is 0 Å². The Hall–Kier alpha value is -2.02. The zero-order chi connectivity index (χ0) is 17.5. The number of rotatable bonds is 4. The van der Waals surface area contributed by atoms with Crippen molar-refractivity contribution in [3.05, 3.63) is 54.6 Å². The van der Waals surface area contributed by atoms with Crippen molar-refractivity contribution in [1.29, 1.82) is 0 Å². The molecule has 9 nitrogen and oxygen atoms in total. The number of phenolic OH excluding ortho intramolecular Hbond substituents is 1. The Morgan fingerprint density at radius 2 is 1.09 bits per heavy atom. The molecule has 0 aromatic heterocycles. The van der Waals surface area contributed by atoms with Gasteiger partial charge in [-0.3, -0.25) is 11.7 Å². The zero-order valence-electron chi connectivity index (χ0n) is 11.7. The third-order valence-corrected chi connectivity index (χ3v) is 4.92. The summed E-state index contributed by atoms with van der Waals surface area (Å²) in [4.78, 5) is 3.58. The van der Waals surface area contributed by atoms with E-state index < -0.39 is 20.0 Å². The topological polar surface area (TPSA) is 165 Å². The van der Waals surface area contributed by atoms with Crippen molar-refractivity contribution in [2.75, 3.05) is 0 Å². The molecule has 0 aliphatic rings. The summed E-state index contributed by atoms with van der Waals surface area (Å²) in [5, 5.41) is 8.85. The summed E-state index contributed by atoms with van der Waals surface area (Å²) in [6, 6.07) is 13.0. The molecule has 11 heteroatoms. The molecule has 0 heterocycles. The third-order valence-electron chi connectivity index (χ3n) is 2.51. The number of aromatic hydroxyl groups is 1. The molecule has 0 fully saturated rings. The van der Waals surface area contributed by atoms with Crippen LogP contribution in [-0.2, 0) is 20.0 Å². The quantitative estimate of drug-likeness (QED) is 0.358. The summed E-state index contributed by atoms with van der Waals surface area (Å²) in [6.45, 7) is 0. The number of phenols is 1. The molecular weight excluding hydrogens is 344 g/mol. The smallest absolute Gasteiger partial charge is 0.253 e. The van der Waals surface area contributed by atoms with E-state index in [1.807, 2.05) is 0 Å². The molecule has 0 saturated carbocycles. The number of nitrogens with one attached hydrogen (secondary N) is 2. The Morgan fingerprint density at radius 3 is 1.48 bits per heavy atom. The lowest BCUT2D eigenvalue weighted by molar-refractivity contribution is 0.474. The Kier molecular flexibility index (Phi) is 6.62. The second kappa shape index (κ2) is 8.01. The molecule has 0 amide bonds. The van der Waals surface area contributed by atoms with E-state index in [4.69, 9.17) is 16.8 Å². The van der Waals surface area contributed by atoms with E-state index in [2.05, 4.69) is 0 Å². The number of hydrogen-bond donors (Lipinski definition) is 5. The lowest BCUT2D eigenvalue weighted by atomic mass is 10.3. The minimum Gasteiger partial charge on any atom is -0.508 e. The lowest BCUT2D eigenvalue weighted by Crippen LogP contribution is -2.30. The molecular formula is C12H16N4O5S2. The third kappa shape index (κ3) is 5.59. The van der Waals surface area contributed by atoms with Gasteiger partial charge in [-0.15, -0.1) is 0 Å². The van der Waals surface area contributed by atoms with Crippen LogP contribution in [0.25, 0.3) is 0 Å². The van der Waals surface area contributed by atoms with Gasteiger partial charge in [-0.05, 0) is 36.4 Å². The highest BCUT2D eigenvalue weighted by atomic mass is 32.2. The highest BCUT2D eigenvalue weighted by molar-refractivity contribution is 7.89. The molecule has 126 valence electrons. The fraction of sp³-hybridized carbons (Fsp3) is 0. The van der Waals surface area contributed by atoms with Gasteiger partial charge in [0.2, 0.25) is 0 Å². The van der Waals surface area contributed by atoms with E-state index >= 15 is 0 Å². The zero-order valence-corrected chi connectivity index (χ0v) is 13.4. The summed E-state index contributed by atoms with van der Waals surface area (Å²) in [5.41, 5.74) is 0. The van der Waals surface area contributed by atoms with Crippen LogP contribution in [-0.4, -0.2) is 21.9 Å². The van der Waals surface area contributed by atoms with Crippen molar-refractivity contribution in [2.45, 2.75) is 9.79 Å². The molecule has 0 spiro atoms. The van der Waals surface area contributed by atoms with Gasteiger partial charge in [-0.1, -0.05) is 18.2 Å². The second-order valence-electron chi connectivity index (χ2n) is 4.05. The Bertz CT molecular complexity index is 822. The van der Waals surface area contributed by atoms with Crippen LogP contribution in [0.2, 0.25) is 0 Å². The number of nitrogens with two attached hydrogens (primary N) is 2. The van der Waals surface area contributed by atoms with Gasteiger partial charge in [-0.25, -0.2) is 16.8 Å². The van der Waals surface area contributed by atoms with Crippen LogP contribution in [0, 0.1) is 0 Å². The molecule has 2 aromatic carbocycles. The molecule has 0 saturated heterocycles. The van der Waals surface area contributed by atoms with Gasteiger partial charge < -0.3 is 5.11 Å². The average Bonchev–Trinajstić information content (AvgIpc) is 2.56. The number of hydrazine groups is 2. The van der Waals surface area contributed by atoms with Crippen LogP contribution in [0.1, 0.15) is 0 Å². The van der Waals surface area contributed by atoms with Crippen LogP contribution in [0.5, 0.6) is 5.75 Å². The SMILES string of the molecule is NNS(=O)(=O)c1ccc(O)cc1.NNS(=O)(=O)c1ccccc1. The maximum atomic E-state index is 11.0. The van der Waals surface area contributed by atoms with E-state index in [1.54, 1.807) is 27.9 Å². The van der Waals surface area contributed by atoms with Gasteiger partial charge in [-0.2, -0.15) is 9.66 Å². The number of hydrogen-bond acceptors (Lipinski definition) is 7. The van der Waals surface area contributed by atoms with Gasteiger partial charge in [0, 0.05) is 0 Å². The van der Waals surface area contributed by atoms with Crippen molar-refractivity contribution >= 4 is 20.0 Å². The van der Waals surface area contributed by atoms with E-state index in [0.717, 1.165) is 0 Å². The first-order valence-electron chi connectivity index (χ1n) is 6.02. The summed E-state index contributed by atoms with van der Waals surface area (Å²) in [7, 11) is -7.07. The van der Waals surface area contributed by atoms with Crippen LogP contribution in [0.15, 0.2) is 64.4 Å². The maximum Gasteiger partial charge on any atom is 0.253 e. The van der Waals surface area contributed by atoms with Crippen LogP contribution in [0.3, 0.4) is 0 Å². The molecule has 2 rings (SSSR count). The van der Waals surface area contributed by atoms with Gasteiger partial charge >= 0.3 is 0 Å². The first kappa shape index (κ1) is 19.0. The molecule has 0 aliphatic carbocycles. The lowest BCUT2D eigenvalue weighted by Gasteiger charge is -2.00. The van der Waals surface area contributed by atoms with E-state index in [9.17, 15) is 16.8 Å². The van der Waals surface area contributed by atoms with E-state index in [1.165, 1.54) is 36.4 Å². The minimum atomic E-state index is -3.60. The molecule has 0 aliphatic heterocycles. The molecule has 0 bridgehead atoms. The second-order valence-corrected chi connectivity index (χ2v) is 7.48. The van der Waals surface area contributed by atoms with E-state index in [-0.39, 0.29) is 15.5 Å². The molecule has 0 radical (unpaired) electrons. The summed E-state index contributed by atoms with van der Waals surface area (Å²) in [5.74, 6) is 9.58. The predicted molar refractivity (Wildman–Crippen MR) is 83.6 cm³/mol. The highest BCUT2D eigenvalue weighted by Gasteiger charge is 2.10. The Labute approximate surface area is 134 Å². The van der Waals surface area contributed by atoms with E-state index in [0.29, 0.717) is 0 Å². The summed E-state index contributed by atoms with van der Waals surface area (Å²) >= 11 is 0. The monoisotopic (exact) mass is 360 g/mol. The fourth-order valence-electron chi connectivity index (χ4n) is 1.36. The van der Waals surface area contributed by atoms with Gasteiger partial charge in [0.1, 0.15) is 5.75 Å². The largest absolute Gasteiger partial charge is 0.508 e. The van der Waals surface area contributed by atoms with Crippen molar-refractivity contribution in [3.63, 3.8) is 0 Å². The number of benzene rings is 2. The average molecular weight is 360 g/mol. The molecule has 0 unspecified atom stereocenters. The van der Waals surface area contributed by atoms with Gasteiger partial charge in [0.05, 0.1) is 9.79 Å². The molecule has 0 atom stereocenters. The van der Waals surface area contributed by atoms with Gasteiger partial charge in [0.15, 0.2) is 0 Å².